The van der Waals surface area contributed by atoms with Crippen LogP contribution in [0.4, 0.5) is 5.69 Å². The molecule has 5 nitrogen and oxygen atoms in total. The zero-order chi connectivity index (χ0) is 15.7. The fraction of sp³-hybridized carbons (Fsp3) is 0.562. The predicted octanol–water partition coefficient (Wildman–Crippen LogP) is 2.44. The Balaban J connectivity index is 2.23. The highest BCUT2D eigenvalue weighted by atomic mass is 16.5. The zero-order valence-corrected chi connectivity index (χ0v) is 12.9. The highest BCUT2D eigenvalue weighted by molar-refractivity contribution is 5.66. The highest BCUT2D eigenvalue weighted by Gasteiger charge is 2.06. The van der Waals surface area contributed by atoms with Crippen LogP contribution in [0.15, 0.2) is 18.2 Å². The van der Waals surface area contributed by atoms with Gasteiger partial charge in [-0.2, -0.15) is 0 Å². The number of anilines is 1. The number of benzene rings is 1. The van der Waals surface area contributed by atoms with Gasteiger partial charge in [-0.3, -0.25) is 4.79 Å². The zero-order valence-electron chi connectivity index (χ0n) is 12.9. The van der Waals surface area contributed by atoms with E-state index in [1.54, 1.807) is 7.11 Å². The van der Waals surface area contributed by atoms with E-state index < -0.39 is 5.97 Å². The van der Waals surface area contributed by atoms with Crippen LogP contribution < -0.4 is 15.8 Å². The van der Waals surface area contributed by atoms with Crippen LogP contribution in [-0.2, 0) is 11.2 Å². The lowest BCUT2D eigenvalue weighted by atomic mass is 10.1. The van der Waals surface area contributed by atoms with Crippen molar-refractivity contribution in [2.75, 3.05) is 19.4 Å². The molecule has 0 bridgehead atoms. The number of ether oxygens (including phenoxy) is 1. The van der Waals surface area contributed by atoms with Crippen molar-refractivity contribution in [3.05, 3.63) is 23.8 Å². The number of unbranched alkanes of at least 4 members (excludes halogenated alkanes) is 2. The monoisotopic (exact) mass is 294 g/mol. The van der Waals surface area contributed by atoms with Crippen molar-refractivity contribution in [1.82, 2.24) is 5.32 Å². The number of nitrogens with two attached hydrogens (primary N) is 1. The van der Waals surface area contributed by atoms with E-state index in [2.05, 4.69) is 12.2 Å². The number of aliphatic carboxylic acids is 1. The molecule has 21 heavy (non-hydrogen) atoms. The molecule has 0 fully saturated rings. The fourth-order valence-corrected chi connectivity index (χ4v) is 2.26. The summed E-state index contributed by atoms with van der Waals surface area (Å²) in [7, 11) is 1.61. The Labute approximate surface area is 126 Å². The van der Waals surface area contributed by atoms with Crippen LogP contribution >= 0.6 is 0 Å². The summed E-state index contributed by atoms with van der Waals surface area (Å²) in [5, 5.41) is 12.0. The number of hydrogen-bond acceptors (Lipinski definition) is 4. The minimum atomic E-state index is -0.714. The van der Waals surface area contributed by atoms with Crippen LogP contribution in [0.2, 0.25) is 0 Å². The molecule has 1 unspecified atom stereocenters. The van der Waals surface area contributed by atoms with Crippen molar-refractivity contribution in [1.29, 1.82) is 0 Å². The van der Waals surface area contributed by atoms with Crippen LogP contribution in [0.25, 0.3) is 0 Å². The number of nitrogens with one attached hydrogen (secondary N) is 1. The first-order chi connectivity index (χ1) is 10.0. The summed E-state index contributed by atoms with van der Waals surface area (Å²) >= 11 is 0. The normalized spacial score (nSPS) is 12.1. The summed E-state index contributed by atoms with van der Waals surface area (Å²) in [6.07, 6.45) is 3.87. The molecule has 0 heterocycles. The predicted molar refractivity (Wildman–Crippen MR) is 84.7 cm³/mol. The molecule has 5 heteroatoms. The van der Waals surface area contributed by atoms with Gasteiger partial charge in [0.05, 0.1) is 12.8 Å². The lowest BCUT2D eigenvalue weighted by Gasteiger charge is -2.15. The highest BCUT2D eigenvalue weighted by Crippen LogP contribution is 2.22. The smallest absolute Gasteiger partial charge is 0.303 e. The fourth-order valence-electron chi connectivity index (χ4n) is 2.26. The molecule has 1 rings (SSSR count). The topological polar surface area (TPSA) is 84.6 Å². The number of carboxylic acid groups (broad SMARTS) is 1. The maximum absolute atomic E-state index is 10.4. The van der Waals surface area contributed by atoms with E-state index in [1.807, 2.05) is 18.2 Å². The standard InChI is InChI=1S/C16H26N2O3/c1-12(18-9-5-3-4-6-16(19)20)10-13-7-8-15(21-2)14(17)11-13/h7-8,11-12,18H,3-6,9-10,17H2,1-2H3,(H,19,20). The summed E-state index contributed by atoms with van der Waals surface area (Å²) in [5.41, 5.74) is 7.74. The van der Waals surface area contributed by atoms with E-state index in [1.165, 1.54) is 5.56 Å². The van der Waals surface area contributed by atoms with Gasteiger partial charge in [0.1, 0.15) is 5.75 Å². The number of nitrogen functional groups attached to an aromatic ring is 1. The van der Waals surface area contributed by atoms with Crippen LogP contribution in [0, 0.1) is 0 Å². The van der Waals surface area contributed by atoms with Crippen LogP contribution in [0.5, 0.6) is 5.75 Å². The van der Waals surface area contributed by atoms with Gasteiger partial charge in [-0.05, 0) is 50.4 Å². The maximum atomic E-state index is 10.4. The quantitative estimate of drug-likeness (QED) is 0.456. The average molecular weight is 294 g/mol. The molecule has 0 aliphatic carbocycles. The number of hydrogen-bond donors (Lipinski definition) is 3. The third-order valence-electron chi connectivity index (χ3n) is 3.40. The van der Waals surface area contributed by atoms with E-state index in [4.69, 9.17) is 15.6 Å². The van der Waals surface area contributed by atoms with E-state index in [-0.39, 0.29) is 6.42 Å². The second-order valence-electron chi connectivity index (χ2n) is 5.34. The van der Waals surface area contributed by atoms with Gasteiger partial charge >= 0.3 is 5.97 Å². The molecule has 0 aliphatic rings. The van der Waals surface area contributed by atoms with Gasteiger partial charge in [-0.1, -0.05) is 12.5 Å². The molecule has 0 aromatic heterocycles. The first kappa shape index (κ1) is 17.3. The van der Waals surface area contributed by atoms with Crippen molar-refractivity contribution in [2.24, 2.45) is 0 Å². The molecule has 4 N–H and O–H groups in total. The van der Waals surface area contributed by atoms with E-state index >= 15 is 0 Å². The van der Waals surface area contributed by atoms with Gasteiger partial charge < -0.3 is 20.9 Å². The van der Waals surface area contributed by atoms with Crippen molar-refractivity contribution in [3.63, 3.8) is 0 Å². The van der Waals surface area contributed by atoms with Gasteiger partial charge in [0, 0.05) is 12.5 Å². The molecule has 118 valence electrons. The average Bonchev–Trinajstić information content (AvgIpc) is 2.42. The number of carboxylic acids is 1. The SMILES string of the molecule is COc1ccc(CC(C)NCCCCCC(=O)O)cc1N. The largest absolute Gasteiger partial charge is 0.495 e. The second kappa shape index (κ2) is 9.23. The van der Waals surface area contributed by atoms with Crippen LogP contribution in [0.1, 0.15) is 38.2 Å². The Morgan fingerprint density at radius 3 is 2.76 bits per heavy atom. The van der Waals surface area contributed by atoms with Crippen LogP contribution in [0.3, 0.4) is 0 Å². The molecule has 0 aliphatic heterocycles. The molecule has 0 saturated heterocycles. The summed E-state index contributed by atoms with van der Waals surface area (Å²) in [5.74, 6) is -0.00813. The Morgan fingerprint density at radius 1 is 1.38 bits per heavy atom. The van der Waals surface area contributed by atoms with Crippen molar-refractivity contribution in [2.45, 2.75) is 45.1 Å². The lowest BCUT2D eigenvalue weighted by molar-refractivity contribution is -0.137. The van der Waals surface area contributed by atoms with Crippen molar-refractivity contribution in [3.8, 4) is 5.75 Å². The van der Waals surface area contributed by atoms with E-state index in [0.29, 0.717) is 17.5 Å². The van der Waals surface area contributed by atoms with Gasteiger partial charge in [0.2, 0.25) is 0 Å². The molecular weight excluding hydrogens is 268 g/mol. The Hall–Kier alpha value is -1.75. The molecule has 1 atom stereocenters. The van der Waals surface area contributed by atoms with Gasteiger partial charge in [0.15, 0.2) is 0 Å². The second-order valence-corrected chi connectivity index (χ2v) is 5.34. The molecule has 0 spiro atoms. The molecule has 1 aromatic carbocycles. The van der Waals surface area contributed by atoms with Gasteiger partial charge in [-0.25, -0.2) is 0 Å². The third-order valence-corrected chi connectivity index (χ3v) is 3.40. The molecule has 0 saturated carbocycles. The molecule has 0 amide bonds. The summed E-state index contributed by atoms with van der Waals surface area (Å²) in [4.78, 5) is 10.4. The first-order valence-corrected chi connectivity index (χ1v) is 7.40. The molecule has 0 radical (unpaired) electrons. The summed E-state index contributed by atoms with van der Waals surface area (Å²) in [6.45, 7) is 3.05. The first-order valence-electron chi connectivity index (χ1n) is 7.40. The molecule has 1 aromatic rings. The minimum absolute atomic E-state index is 0.265. The van der Waals surface area contributed by atoms with Gasteiger partial charge in [0.25, 0.3) is 0 Å². The minimum Gasteiger partial charge on any atom is -0.495 e. The van der Waals surface area contributed by atoms with Crippen LogP contribution in [-0.4, -0.2) is 30.8 Å². The Bertz CT molecular complexity index is 449. The van der Waals surface area contributed by atoms with E-state index in [9.17, 15) is 4.79 Å². The Kier molecular flexibility index (Phi) is 7.61. The summed E-state index contributed by atoms with van der Waals surface area (Å²) < 4.78 is 5.14. The Morgan fingerprint density at radius 2 is 2.14 bits per heavy atom. The number of methoxy groups -OCH3 is 1. The van der Waals surface area contributed by atoms with E-state index in [0.717, 1.165) is 32.2 Å². The third kappa shape index (κ3) is 6.99. The maximum Gasteiger partial charge on any atom is 0.303 e. The lowest BCUT2D eigenvalue weighted by Crippen LogP contribution is -2.29. The van der Waals surface area contributed by atoms with Crippen molar-refractivity contribution >= 4 is 11.7 Å². The molecular formula is C16H26N2O3. The van der Waals surface area contributed by atoms with Crippen molar-refractivity contribution < 1.29 is 14.6 Å². The number of carbonyl (C=O) groups is 1. The van der Waals surface area contributed by atoms with Gasteiger partial charge in [-0.15, -0.1) is 0 Å². The summed E-state index contributed by atoms with van der Waals surface area (Å²) in [6, 6.07) is 6.23. The number of rotatable bonds is 10.